The van der Waals surface area contributed by atoms with Gasteiger partial charge in [-0.2, -0.15) is 0 Å². The van der Waals surface area contributed by atoms with Gasteiger partial charge in [0.1, 0.15) is 17.2 Å². The zero-order chi connectivity index (χ0) is 51.0. The summed E-state index contributed by atoms with van der Waals surface area (Å²) < 4.78 is 3.79. The Morgan fingerprint density at radius 2 is 1.08 bits per heavy atom. The molecule has 5 aromatic carbocycles. The van der Waals surface area contributed by atoms with Crippen LogP contribution in [-0.2, 0) is 23.4 Å². The summed E-state index contributed by atoms with van der Waals surface area (Å²) in [5.74, 6) is 0.993. The summed E-state index contributed by atoms with van der Waals surface area (Å²) in [6.45, 7) is 0. The number of benzene rings is 5. The van der Waals surface area contributed by atoms with Crippen molar-refractivity contribution < 1.29 is 10.2 Å². The van der Waals surface area contributed by atoms with E-state index in [4.69, 9.17) is 21.6 Å². The normalized spacial score (nSPS) is 17.5. The average Bonchev–Trinajstić information content (AvgIpc) is 4.08. The number of aryl methyl sites for hydroxylation is 1. The molecular weight excluding hydrogens is 925 g/mol. The summed E-state index contributed by atoms with van der Waals surface area (Å²) in [6, 6.07) is 45.4. The molecule has 0 bridgehead atoms. The lowest BCUT2D eigenvalue weighted by Gasteiger charge is -2.47. The predicted molar refractivity (Wildman–Crippen MR) is 289 cm³/mol. The van der Waals surface area contributed by atoms with E-state index in [1.54, 1.807) is 48.1 Å². The third-order valence-electron chi connectivity index (χ3n) is 15.1. The van der Waals surface area contributed by atoms with Crippen molar-refractivity contribution in [2.45, 2.75) is 54.4 Å². The van der Waals surface area contributed by atoms with Crippen LogP contribution >= 0.6 is 0 Å². The number of hydrogen-bond donors (Lipinski definition) is 4. The summed E-state index contributed by atoms with van der Waals surface area (Å²) in [7, 11) is 1.81. The zero-order valence-corrected chi connectivity index (χ0v) is 40.6. The molecule has 10 N–H and O–H groups in total. The van der Waals surface area contributed by atoms with Crippen molar-refractivity contribution in [2.75, 3.05) is 11.5 Å². The molecule has 16 heteroatoms. The van der Waals surface area contributed by atoms with E-state index in [0.717, 1.165) is 74.9 Å². The van der Waals surface area contributed by atoms with Crippen molar-refractivity contribution >= 4 is 35.4 Å². The third kappa shape index (κ3) is 8.25. The smallest absolute Gasteiger partial charge is 0.403 e. The van der Waals surface area contributed by atoms with Crippen LogP contribution < -0.4 is 11.5 Å². The molecule has 0 spiro atoms. The molecule has 2 aliphatic carbocycles. The second-order valence-electron chi connectivity index (χ2n) is 19.1. The summed E-state index contributed by atoms with van der Waals surface area (Å²) >= 11 is 0. The quantitative estimate of drug-likeness (QED) is 0.0379. The van der Waals surface area contributed by atoms with Gasteiger partial charge in [-0.15, -0.1) is 9.98 Å². The Morgan fingerprint density at radius 3 is 1.57 bits per heavy atom. The Bertz CT molecular complexity index is 3500. The molecule has 0 saturated heterocycles. The number of aliphatic imine (C=N–C) groups is 2. The average molecular weight is 979 g/mol. The molecule has 2 fully saturated rings. The summed E-state index contributed by atoms with van der Waals surface area (Å²) in [4.78, 5) is 35.0. The van der Waals surface area contributed by atoms with Gasteiger partial charge in [-0.1, -0.05) is 140 Å². The fourth-order valence-electron chi connectivity index (χ4n) is 10.8. The minimum Gasteiger partial charge on any atom is -0.577 e. The van der Waals surface area contributed by atoms with Crippen molar-refractivity contribution in [3.05, 3.63) is 228 Å². The summed E-state index contributed by atoms with van der Waals surface area (Å²) in [5.41, 5.74) is 19.1. The van der Waals surface area contributed by atoms with Gasteiger partial charge in [-0.05, 0) is 76.1 Å². The molecule has 366 valence electrons. The number of nitrogen functional groups attached to an aromatic ring is 2. The van der Waals surface area contributed by atoms with Crippen molar-refractivity contribution in [3.8, 4) is 22.3 Å². The summed E-state index contributed by atoms with van der Waals surface area (Å²) in [5, 5.41) is 37.0. The SMILES string of the molecule is Cn1ccnc1C([OH2+])=NC(=N)C1(c2ccc(-c3cnc(N)nc3)cc2)CC(c2ccc(C(c3ccccc3)(c3ccccc3)n3cnc(C([OH2+])=NC(=N)C4(c5ccc(-c6cnc(N)nc6)cc5)CCC4)c3)cc2)C1. The molecule has 74 heavy (non-hydrogen) atoms. The zero-order valence-electron chi connectivity index (χ0n) is 40.6. The lowest BCUT2D eigenvalue weighted by atomic mass is 9.56. The second-order valence-corrected chi connectivity index (χ2v) is 19.1. The van der Waals surface area contributed by atoms with E-state index in [1.807, 2.05) is 98.2 Å². The number of anilines is 2. The highest BCUT2D eigenvalue weighted by atomic mass is 16.3. The van der Waals surface area contributed by atoms with Gasteiger partial charge >= 0.3 is 11.8 Å². The van der Waals surface area contributed by atoms with E-state index >= 15 is 0 Å². The first-order chi connectivity index (χ1) is 36.0. The van der Waals surface area contributed by atoms with Crippen molar-refractivity contribution in [3.63, 3.8) is 0 Å². The molecule has 4 aromatic heterocycles. The standard InChI is InChI=1S/C58H52N14O2/c1-71-28-27-63-49(71)51(74)70-53(60)57(44-21-15-39(16-22-44)42-33-66-55(62)67-34-42)29-40(30-57)37-17-23-47(24-18-37)58(45-9-4-2-5-10-45,46-11-6-3-7-12-46)72-35-48(68-36-72)50(73)69-52(59)56(25-8-26-56)43-19-13-38(14-20-43)41-31-64-54(61)65-32-41/h2-7,9-24,27-28,31-36,40H,8,25-26,29-30H2,1H3,(H2,59,69,73)(H2,60,70,74)(H2,61,64,65)(H2,62,66,67)/p+2. The van der Waals surface area contributed by atoms with Gasteiger partial charge in [0.25, 0.3) is 5.82 Å². The molecule has 0 radical (unpaired) electrons. The van der Waals surface area contributed by atoms with E-state index < -0.39 is 16.4 Å². The first-order valence-corrected chi connectivity index (χ1v) is 24.4. The van der Waals surface area contributed by atoms with Crippen molar-refractivity contribution in [2.24, 2.45) is 17.0 Å². The highest BCUT2D eigenvalue weighted by Crippen LogP contribution is 2.54. The summed E-state index contributed by atoms with van der Waals surface area (Å²) in [6.07, 6.45) is 17.5. The fraction of sp³-hybridized carbons (Fsp3) is 0.172. The minimum absolute atomic E-state index is 0.0656. The number of rotatable bonds is 13. The maximum absolute atomic E-state index is 9.49. The monoisotopic (exact) mass is 978 g/mol. The molecule has 0 atom stereocenters. The molecule has 9 aromatic rings. The number of nitrogens with zero attached hydrogens (tertiary/aromatic N) is 10. The van der Waals surface area contributed by atoms with Gasteiger partial charge in [-0.25, -0.2) is 29.9 Å². The van der Waals surface area contributed by atoms with E-state index in [1.165, 1.54) is 0 Å². The van der Waals surface area contributed by atoms with Crippen LogP contribution in [0.3, 0.4) is 0 Å². The Kier molecular flexibility index (Phi) is 12.0. The number of imidazole rings is 2. The third-order valence-corrected chi connectivity index (χ3v) is 15.1. The first kappa shape index (κ1) is 46.9. The Labute approximate surface area is 427 Å². The highest BCUT2D eigenvalue weighted by Gasteiger charge is 2.51. The first-order valence-electron chi connectivity index (χ1n) is 24.4. The Morgan fingerprint density at radius 1 is 0.595 bits per heavy atom. The topological polar surface area (TPSA) is 257 Å². The Balaban J connectivity index is 0.914. The van der Waals surface area contributed by atoms with E-state index in [0.29, 0.717) is 24.4 Å². The number of amidine groups is 2. The van der Waals surface area contributed by atoms with E-state index in [9.17, 15) is 15.9 Å². The van der Waals surface area contributed by atoms with E-state index in [-0.39, 0.29) is 41.3 Å². The van der Waals surface area contributed by atoms with Crippen LogP contribution in [0.15, 0.2) is 193 Å². The largest absolute Gasteiger partial charge is 0.577 e. The molecule has 2 saturated carbocycles. The van der Waals surface area contributed by atoms with Crippen LogP contribution in [0.1, 0.15) is 82.9 Å². The lowest BCUT2D eigenvalue weighted by molar-refractivity contribution is 0.280. The highest BCUT2D eigenvalue weighted by molar-refractivity contribution is 6.05. The van der Waals surface area contributed by atoms with Gasteiger partial charge in [-0.3, -0.25) is 10.8 Å². The molecule has 0 aliphatic heterocycles. The maximum Gasteiger partial charge on any atom is 0.403 e. The minimum atomic E-state index is -0.931. The van der Waals surface area contributed by atoms with Gasteiger partial charge in [0.15, 0.2) is 5.69 Å². The van der Waals surface area contributed by atoms with Crippen LogP contribution in [0.5, 0.6) is 0 Å². The predicted octanol–water partition coefficient (Wildman–Crippen LogP) is 8.07. The maximum atomic E-state index is 9.49. The van der Waals surface area contributed by atoms with Crippen LogP contribution in [-0.4, -0.2) is 72.7 Å². The fourth-order valence-corrected chi connectivity index (χ4v) is 10.8. The van der Waals surface area contributed by atoms with Crippen LogP contribution in [0, 0.1) is 10.8 Å². The van der Waals surface area contributed by atoms with Gasteiger partial charge in [0.2, 0.25) is 11.9 Å². The number of hydrogen-bond acceptors (Lipinski definition) is 10. The molecule has 4 heterocycles. The van der Waals surface area contributed by atoms with E-state index in [2.05, 4.69) is 88.0 Å². The number of nitrogens with two attached hydrogens (primary N) is 2. The molecule has 11 rings (SSSR count). The second kappa shape index (κ2) is 19.0. The van der Waals surface area contributed by atoms with Crippen LogP contribution in [0.4, 0.5) is 11.9 Å². The number of aromatic nitrogens is 8. The van der Waals surface area contributed by atoms with Crippen molar-refractivity contribution in [1.29, 1.82) is 10.8 Å². The van der Waals surface area contributed by atoms with Gasteiger partial charge < -0.3 is 30.8 Å². The van der Waals surface area contributed by atoms with Gasteiger partial charge in [0.05, 0.1) is 17.2 Å². The molecule has 2 aliphatic rings. The van der Waals surface area contributed by atoms with Crippen LogP contribution in [0.25, 0.3) is 22.3 Å². The van der Waals surface area contributed by atoms with Gasteiger partial charge in [0, 0.05) is 61.6 Å². The molecular formula is C58H54N14O2+2. The van der Waals surface area contributed by atoms with Crippen molar-refractivity contribution in [1.82, 2.24) is 39.0 Å². The lowest BCUT2D eigenvalue weighted by Crippen LogP contribution is -2.46. The molecule has 0 unspecified atom stereocenters. The molecule has 0 amide bonds. The van der Waals surface area contributed by atoms with Crippen LogP contribution in [0.2, 0.25) is 0 Å². The Hall–Kier alpha value is -9.44. The number of nitrogens with one attached hydrogen (secondary N) is 2. The molecule has 16 nitrogen and oxygen atoms in total.